The Balaban J connectivity index is 2.02. The van der Waals surface area contributed by atoms with E-state index >= 15 is 0 Å². The summed E-state index contributed by atoms with van der Waals surface area (Å²) in [7, 11) is 2.16. The number of nitrogens with two attached hydrogens (primary N) is 1. The molecule has 2 aromatic rings. The second kappa shape index (κ2) is 6.03. The summed E-state index contributed by atoms with van der Waals surface area (Å²) in [6, 6.07) is 10.9. The predicted molar refractivity (Wildman–Crippen MR) is 90.4 cm³/mol. The Labute approximate surface area is 133 Å². The summed E-state index contributed by atoms with van der Waals surface area (Å²) in [5, 5.41) is 0. The lowest BCUT2D eigenvalue weighted by Crippen LogP contribution is -2.47. The standard InChI is InChI=1S/C16H19BrN4/c1-20-7-8-21(16-13(17)9-19-10-14(16)18)15(11-20)12-5-3-2-4-6-12/h2-6,9-10,15H,7-8,11,18H2,1H3. The first-order chi connectivity index (χ1) is 10.2. The molecular weight excluding hydrogens is 328 g/mol. The number of rotatable bonds is 2. The van der Waals surface area contributed by atoms with Gasteiger partial charge in [0.15, 0.2) is 0 Å². The van der Waals surface area contributed by atoms with Crippen molar-refractivity contribution in [3.05, 3.63) is 52.8 Å². The molecule has 0 aliphatic carbocycles. The molecule has 5 heteroatoms. The molecule has 0 saturated carbocycles. The smallest absolute Gasteiger partial charge is 0.0782 e. The van der Waals surface area contributed by atoms with E-state index in [1.165, 1.54) is 5.56 Å². The summed E-state index contributed by atoms with van der Waals surface area (Å²) < 4.78 is 0.952. The van der Waals surface area contributed by atoms with Crippen molar-refractivity contribution in [1.82, 2.24) is 9.88 Å². The molecule has 21 heavy (non-hydrogen) atoms. The number of piperazine rings is 1. The highest BCUT2D eigenvalue weighted by atomic mass is 79.9. The quantitative estimate of drug-likeness (QED) is 0.907. The number of benzene rings is 1. The van der Waals surface area contributed by atoms with E-state index in [9.17, 15) is 0 Å². The first-order valence-corrected chi connectivity index (χ1v) is 7.85. The van der Waals surface area contributed by atoms with E-state index in [2.05, 4.69) is 68.1 Å². The van der Waals surface area contributed by atoms with Crippen LogP contribution in [0.5, 0.6) is 0 Å². The van der Waals surface area contributed by atoms with Gasteiger partial charge in [0.05, 0.1) is 28.1 Å². The fourth-order valence-corrected chi connectivity index (χ4v) is 3.47. The monoisotopic (exact) mass is 346 g/mol. The fourth-order valence-electron chi connectivity index (χ4n) is 2.89. The first kappa shape index (κ1) is 14.4. The molecule has 1 saturated heterocycles. The van der Waals surface area contributed by atoms with E-state index in [1.54, 1.807) is 6.20 Å². The summed E-state index contributed by atoms with van der Waals surface area (Å²) in [5.41, 5.74) is 9.26. The molecule has 2 N–H and O–H groups in total. The van der Waals surface area contributed by atoms with Crippen LogP contribution in [-0.2, 0) is 0 Å². The van der Waals surface area contributed by atoms with Crippen LogP contribution in [0.3, 0.4) is 0 Å². The van der Waals surface area contributed by atoms with Gasteiger partial charge >= 0.3 is 0 Å². The molecule has 1 aliphatic heterocycles. The normalized spacial score (nSPS) is 19.7. The van der Waals surface area contributed by atoms with Crippen LogP contribution in [0, 0.1) is 0 Å². The Morgan fingerprint density at radius 3 is 2.67 bits per heavy atom. The summed E-state index contributed by atoms with van der Waals surface area (Å²) in [4.78, 5) is 8.89. The molecule has 1 atom stereocenters. The second-order valence-corrected chi connectivity index (χ2v) is 6.30. The summed E-state index contributed by atoms with van der Waals surface area (Å²) in [6.45, 7) is 2.96. The van der Waals surface area contributed by atoms with E-state index < -0.39 is 0 Å². The number of anilines is 2. The molecule has 0 radical (unpaired) electrons. The molecule has 2 heterocycles. The lowest BCUT2D eigenvalue weighted by molar-refractivity contribution is 0.269. The number of nitrogens with zero attached hydrogens (tertiary/aromatic N) is 3. The van der Waals surface area contributed by atoms with Gasteiger partial charge in [-0.15, -0.1) is 0 Å². The second-order valence-electron chi connectivity index (χ2n) is 5.44. The highest BCUT2D eigenvalue weighted by Gasteiger charge is 2.29. The van der Waals surface area contributed by atoms with Gasteiger partial charge in [-0.05, 0) is 28.5 Å². The van der Waals surface area contributed by atoms with Gasteiger partial charge in [0.1, 0.15) is 0 Å². The summed E-state index contributed by atoms with van der Waals surface area (Å²) in [6.07, 6.45) is 3.53. The lowest BCUT2D eigenvalue weighted by Gasteiger charge is -2.42. The van der Waals surface area contributed by atoms with Crippen LogP contribution in [0.15, 0.2) is 47.2 Å². The van der Waals surface area contributed by atoms with E-state index in [4.69, 9.17) is 5.73 Å². The molecule has 1 aliphatic rings. The zero-order chi connectivity index (χ0) is 14.8. The molecule has 1 fully saturated rings. The Kier molecular flexibility index (Phi) is 4.12. The Morgan fingerprint density at radius 1 is 1.19 bits per heavy atom. The minimum absolute atomic E-state index is 0.297. The average Bonchev–Trinajstić information content (AvgIpc) is 2.49. The van der Waals surface area contributed by atoms with E-state index in [-0.39, 0.29) is 0 Å². The van der Waals surface area contributed by atoms with Crippen molar-refractivity contribution < 1.29 is 0 Å². The van der Waals surface area contributed by atoms with E-state index in [1.807, 2.05) is 6.20 Å². The van der Waals surface area contributed by atoms with Gasteiger partial charge < -0.3 is 15.5 Å². The maximum Gasteiger partial charge on any atom is 0.0782 e. The van der Waals surface area contributed by atoms with Gasteiger partial charge in [0.2, 0.25) is 0 Å². The van der Waals surface area contributed by atoms with Crippen LogP contribution in [-0.4, -0.2) is 36.6 Å². The van der Waals surface area contributed by atoms with Crippen molar-refractivity contribution in [3.63, 3.8) is 0 Å². The molecular formula is C16H19BrN4. The number of halogens is 1. The maximum absolute atomic E-state index is 6.18. The SMILES string of the molecule is CN1CCN(c2c(N)cncc2Br)C(c2ccccc2)C1. The minimum atomic E-state index is 0.297. The van der Waals surface area contributed by atoms with Crippen LogP contribution in [0.4, 0.5) is 11.4 Å². The fraction of sp³-hybridized carbons (Fsp3) is 0.312. The number of pyridine rings is 1. The van der Waals surface area contributed by atoms with Gasteiger partial charge in [-0.3, -0.25) is 4.98 Å². The molecule has 110 valence electrons. The summed E-state index contributed by atoms with van der Waals surface area (Å²) >= 11 is 3.60. The molecule has 0 amide bonds. The minimum Gasteiger partial charge on any atom is -0.396 e. The molecule has 1 aromatic carbocycles. The number of nitrogen functional groups attached to an aromatic ring is 1. The van der Waals surface area contributed by atoms with Crippen molar-refractivity contribution >= 4 is 27.3 Å². The van der Waals surface area contributed by atoms with Crippen LogP contribution >= 0.6 is 15.9 Å². The highest BCUT2D eigenvalue weighted by molar-refractivity contribution is 9.10. The molecule has 1 aromatic heterocycles. The van der Waals surface area contributed by atoms with Gasteiger partial charge in [0.25, 0.3) is 0 Å². The number of likely N-dealkylation sites (N-methyl/N-ethyl adjacent to an activating group) is 1. The largest absolute Gasteiger partial charge is 0.396 e. The molecule has 4 nitrogen and oxygen atoms in total. The van der Waals surface area contributed by atoms with Crippen molar-refractivity contribution in [2.24, 2.45) is 0 Å². The Bertz CT molecular complexity index is 597. The van der Waals surface area contributed by atoms with Crippen molar-refractivity contribution in [2.45, 2.75) is 6.04 Å². The highest BCUT2D eigenvalue weighted by Crippen LogP contribution is 2.38. The Morgan fingerprint density at radius 2 is 1.95 bits per heavy atom. The van der Waals surface area contributed by atoms with E-state index in [0.29, 0.717) is 6.04 Å². The molecule has 0 spiro atoms. The maximum atomic E-state index is 6.18. The molecule has 0 bridgehead atoms. The van der Waals surface area contributed by atoms with Crippen LogP contribution in [0.2, 0.25) is 0 Å². The van der Waals surface area contributed by atoms with Crippen LogP contribution < -0.4 is 10.6 Å². The van der Waals surface area contributed by atoms with Gasteiger partial charge in [-0.2, -0.15) is 0 Å². The zero-order valence-corrected chi connectivity index (χ0v) is 13.6. The first-order valence-electron chi connectivity index (χ1n) is 7.06. The molecule has 3 rings (SSSR count). The topological polar surface area (TPSA) is 45.4 Å². The van der Waals surface area contributed by atoms with Gasteiger partial charge in [-0.1, -0.05) is 30.3 Å². The Hall–Kier alpha value is -1.59. The molecule has 1 unspecified atom stereocenters. The number of hydrogen-bond donors (Lipinski definition) is 1. The third-order valence-corrected chi connectivity index (χ3v) is 4.54. The van der Waals surface area contributed by atoms with Gasteiger partial charge in [-0.25, -0.2) is 0 Å². The predicted octanol–water partition coefficient (Wildman–Crippen LogP) is 2.92. The number of hydrogen-bond acceptors (Lipinski definition) is 4. The number of aromatic nitrogens is 1. The summed E-state index contributed by atoms with van der Waals surface area (Å²) in [5.74, 6) is 0. The lowest BCUT2D eigenvalue weighted by atomic mass is 10.0. The zero-order valence-electron chi connectivity index (χ0n) is 12.0. The third-order valence-electron chi connectivity index (χ3n) is 3.96. The van der Waals surface area contributed by atoms with Gasteiger partial charge in [0, 0.05) is 25.8 Å². The average molecular weight is 347 g/mol. The van der Waals surface area contributed by atoms with Crippen LogP contribution in [0.25, 0.3) is 0 Å². The van der Waals surface area contributed by atoms with Crippen molar-refractivity contribution in [1.29, 1.82) is 0 Å². The van der Waals surface area contributed by atoms with Crippen molar-refractivity contribution in [3.8, 4) is 0 Å². The third kappa shape index (κ3) is 2.89. The van der Waals surface area contributed by atoms with Crippen molar-refractivity contribution in [2.75, 3.05) is 37.3 Å². The van der Waals surface area contributed by atoms with Crippen LogP contribution in [0.1, 0.15) is 11.6 Å². The van der Waals surface area contributed by atoms with E-state index in [0.717, 1.165) is 35.5 Å².